The molecule has 1 aromatic carbocycles. The SMILES string of the molecule is CCOC(=O)N1CCN(C(=O)[C@H](CC)N(c2ccc(C)c(Cl)c2)S(C)(=O)=O)CC1. The van der Waals surface area contributed by atoms with E-state index in [0.29, 0.717) is 43.3 Å². The Labute approximate surface area is 177 Å². The monoisotopic (exact) mass is 445 g/mol. The number of hydrogen-bond acceptors (Lipinski definition) is 5. The van der Waals surface area contributed by atoms with Crippen LogP contribution in [0.2, 0.25) is 5.02 Å². The van der Waals surface area contributed by atoms with Crippen molar-refractivity contribution in [3.8, 4) is 0 Å². The predicted octanol–water partition coefficient (Wildman–Crippen LogP) is 2.49. The zero-order valence-corrected chi connectivity index (χ0v) is 18.8. The Hall–Kier alpha value is -2.00. The summed E-state index contributed by atoms with van der Waals surface area (Å²) in [5.74, 6) is -0.293. The molecule has 0 saturated carbocycles. The highest BCUT2D eigenvalue weighted by atomic mass is 35.5. The van der Waals surface area contributed by atoms with E-state index in [1.807, 2.05) is 6.92 Å². The van der Waals surface area contributed by atoms with Gasteiger partial charge in [-0.3, -0.25) is 9.10 Å². The van der Waals surface area contributed by atoms with E-state index in [0.717, 1.165) is 16.1 Å². The van der Waals surface area contributed by atoms with Crippen LogP contribution in [0.1, 0.15) is 25.8 Å². The van der Waals surface area contributed by atoms with Crippen molar-refractivity contribution in [2.24, 2.45) is 0 Å². The normalized spacial score (nSPS) is 15.8. The van der Waals surface area contributed by atoms with E-state index in [1.54, 1.807) is 41.8 Å². The van der Waals surface area contributed by atoms with Crippen LogP contribution in [0, 0.1) is 6.92 Å². The van der Waals surface area contributed by atoms with Crippen molar-refractivity contribution in [1.29, 1.82) is 0 Å². The minimum Gasteiger partial charge on any atom is -0.450 e. The Morgan fingerprint density at radius 3 is 2.24 bits per heavy atom. The van der Waals surface area contributed by atoms with E-state index in [2.05, 4.69) is 0 Å². The van der Waals surface area contributed by atoms with Gasteiger partial charge >= 0.3 is 6.09 Å². The topological polar surface area (TPSA) is 87.2 Å². The lowest BCUT2D eigenvalue weighted by Gasteiger charge is -2.38. The number of nitrogens with zero attached hydrogens (tertiary/aromatic N) is 3. The number of piperazine rings is 1. The zero-order valence-electron chi connectivity index (χ0n) is 17.2. The van der Waals surface area contributed by atoms with E-state index in [1.165, 1.54) is 0 Å². The molecule has 10 heteroatoms. The number of hydrogen-bond donors (Lipinski definition) is 0. The van der Waals surface area contributed by atoms with E-state index >= 15 is 0 Å². The summed E-state index contributed by atoms with van der Waals surface area (Å²) >= 11 is 6.19. The quantitative estimate of drug-likeness (QED) is 0.671. The first-order valence-corrected chi connectivity index (χ1v) is 11.8. The fraction of sp³-hybridized carbons (Fsp3) is 0.579. The predicted molar refractivity (Wildman–Crippen MR) is 113 cm³/mol. The molecule has 29 heavy (non-hydrogen) atoms. The Morgan fingerprint density at radius 1 is 1.17 bits per heavy atom. The van der Waals surface area contributed by atoms with Crippen LogP contribution in [-0.2, 0) is 19.6 Å². The van der Waals surface area contributed by atoms with Gasteiger partial charge in [0, 0.05) is 31.2 Å². The molecular weight excluding hydrogens is 418 g/mol. The number of amides is 2. The Morgan fingerprint density at radius 2 is 1.76 bits per heavy atom. The second-order valence-corrected chi connectivity index (χ2v) is 9.19. The second-order valence-electron chi connectivity index (χ2n) is 6.93. The number of sulfonamides is 1. The van der Waals surface area contributed by atoms with Gasteiger partial charge in [0.25, 0.3) is 0 Å². The molecule has 1 aromatic rings. The lowest BCUT2D eigenvalue weighted by atomic mass is 10.1. The summed E-state index contributed by atoms with van der Waals surface area (Å²) in [7, 11) is -3.73. The van der Waals surface area contributed by atoms with Crippen molar-refractivity contribution in [3.05, 3.63) is 28.8 Å². The lowest BCUT2D eigenvalue weighted by molar-refractivity contribution is -0.134. The maximum atomic E-state index is 13.2. The number of aryl methyl sites for hydroxylation is 1. The average Bonchev–Trinajstić information content (AvgIpc) is 2.67. The molecule has 0 N–H and O–H groups in total. The van der Waals surface area contributed by atoms with Gasteiger partial charge in [-0.2, -0.15) is 0 Å². The molecule has 1 heterocycles. The van der Waals surface area contributed by atoms with Crippen molar-refractivity contribution >= 4 is 39.3 Å². The summed E-state index contributed by atoms with van der Waals surface area (Å²) in [5, 5.41) is 0.432. The third-order valence-corrected chi connectivity index (χ3v) is 6.43. The second kappa shape index (κ2) is 9.67. The first kappa shape index (κ1) is 23.3. The van der Waals surface area contributed by atoms with E-state index in [9.17, 15) is 18.0 Å². The van der Waals surface area contributed by atoms with Gasteiger partial charge in [-0.25, -0.2) is 13.2 Å². The van der Waals surface area contributed by atoms with Crippen molar-refractivity contribution < 1.29 is 22.7 Å². The third kappa shape index (κ3) is 5.54. The molecule has 0 bridgehead atoms. The molecule has 2 rings (SSSR count). The molecular formula is C19H28ClN3O5S. The first-order valence-electron chi connectivity index (χ1n) is 9.56. The van der Waals surface area contributed by atoms with E-state index in [-0.39, 0.29) is 12.5 Å². The van der Waals surface area contributed by atoms with Gasteiger partial charge in [-0.15, -0.1) is 0 Å². The van der Waals surface area contributed by atoms with Crippen LogP contribution in [0.15, 0.2) is 18.2 Å². The van der Waals surface area contributed by atoms with Gasteiger partial charge in [0.1, 0.15) is 6.04 Å². The molecule has 0 spiro atoms. The maximum Gasteiger partial charge on any atom is 0.409 e. The average molecular weight is 446 g/mol. The molecule has 0 unspecified atom stereocenters. The van der Waals surface area contributed by atoms with Gasteiger partial charge in [-0.05, 0) is 38.0 Å². The van der Waals surface area contributed by atoms with Crippen LogP contribution in [-0.4, -0.2) is 75.3 Å². The molecule has 2 amide bonds. The van der Waals surface area contributed by atoms with Crippen LogP contribution < -0.4 is 4.31 Å². The van der Waals surface area contributed by atoms with Crippen LogP contribution >= 0.6 is 11.6 Å². The number of carbonyl (C=O) groups is 2. The van der Waals surface area contributed by atoms with Crippen LogP contribution in [0.3, 0.4) is 0 Å². The molecule has 0 radical (unpaired) electrons. The molecule has 1 atom stereocenters. The lowest BCUT2D eigenvalue weighted by Crippen LogP contribution is -2.56. The summed E-state index contributed by atoms with van der Waals surface area (Å²) in [6.07, 6.45) is 0.976. The third-order valence-electron chi connectivity index (χ3n) is 4.84. The largest absolute Gasteiger partial charge is 0.450 e. The Kier molecular flexibility index (Phi) is 7.76. The number of benzene rings is 1. The first-order chi connectivity index (χ1) is 13.6. The van der Waals surface area contributed by atoms with Crippen LogP contribution in [0.25, 0.3) is 0 Å². The van der Waals surface area contributed by atoms with Crippen LogP contribution in [0.5, 0.6) is 0 Å². The highest BCUT2D eigenvalue weighted by Crippen LogP contribution is 2.28. The van der Waals surface area contributed by atoms with Crippen molar-refractivity contribution in [1.82, 2.24) is 9.80 Å². The summed E-state index contributed by atoms with van der Waals surface area (Å²) in [6.45, 7) is 6.94. The number of anilines is 1. The molecule has 0 aliphatic carbocycles. The van der Waals surface area contributed by atoms with Crippen molar-refractivity contribution in [2.45, 2.75) is 33.2 Å². The van der Waals surface area contributed by atoms with Gasteiger partial charge in [0.2, 0.25) is 15.9 Å². The zero-order chi connectivity index (χ0) is 21.8. The molecule has 1 fully saturated rings. The van der Waals surface area contributed by atoms with Crippen molar-refractivity contribution in [3.63, 3.8) is 0 Å². The smallest absolute Gasteiger partial charge is 0.409 e. The molecule has 8 nitrogen and oxygen atoms in total. The van der Waals surface area contributed by atoms with E-state index < -0.39 is 22.2 Å². The molecule has 0 aromatic heterocycles. The van der Waals surface area contributed by atoms with Crippen LogP contribution in [0.4, 0.5) is 10.5 Å². The maximum absolute atomic E-state index is 13.2. The Bertz CT molecular complexity index is 853. The standard InChI is InChI=1S/C19H28ClN3O5S/c1-5-17(18(24)21-9-11-22(12-10-21)19(25)28-6-2)23(29(4,26)27)15-8-7-14(3)16(20)13-15/h7-8,13,17H,5-6,9-12H2,1-4H3/t17-/m0/s1. The fourth-order valence-electron chi connectivity index (χ4n) is 3.30. The van der Waals surface area contributed by atoms with Gasteiger partial charge < -0.3 is 14.5 Å². The van der Waals surface area contributed by atoms with Gasteiger partial charge in [0.15, 0.2) is 0 Å². The molecule has 162 valence electrons. The van der Waals surface area contributed by atoms with Gasteiger partial charge in [-0.1, -0.05) is 24.6 Å². The molecule has 1 saturated heterocycles. The number of carbonyl (C=O) groups excluding carboxylic acids is 2. The summed E-state index contributed by atoms with van der Waals surface area (Å²) in [4.78, 5) is 28.2. The highest BCUT2D eigenvalue weighted by molar-refractivity contribution is 7.92. The molecule has 1 aliphatic rings. The van der Waals surface area contributed by atoms with Gasteiger partial charge in [0.05, 0.1) is 18.6 Å². The summed E-state index contributed by atoms with van der Waals surface area (Å²) in [5.41, 5.74) is 1.17. The fourth-order valence-corrected chi connectivity index (χ4v) is 4.67. The highest BCUT2D eigenvalue weighted by Gasteiger charge is 2.36. The number of halogens is 1. The number of rotatable bonds is 6. The van der Waals surface area contributed by atoms with E-state index in [4.69, 9.17) is 16.3 Å². The Balaban J connectivity index is 2.23. The number of ether oxygens (including phenoxy) is 1. The summed E-state index contributed by atoms with van der Waals surface area (Å²) < 4.78 is 31.3. The minimum atomic E-state index is -3.73. The minimum absolute atomic E-state index is 0.290. The summed E-state index contributed by atoms with van der Waals surface area (Å²) in [6, 6.07) is 4.05. The molecule has 1 aliphatic heterocycles. The van der Waals surface area contributed by atoms with Crippen molar-refractivity contribution in [2.75, 3.05) is 43.3 Å².